The first kappa shape index (κ1) is 38.0. The number of hydrogen-bond donors (Lipinski definition) is 13. The summed E-state index contributed by atoms with van der Waals surface area (Å²) >= 11 is 0. The Balaban J connectivity index is 1.48. The summed E-state index contributed by atoms with van der Waals surface area (Å²) in [6.45, 7) is -3.00. The van der Waals surface area contributed by atoms with Crippen molar-refractivity contribution in [3.05, 3.63) is 0 Å². The molecule has 4 fully saturated rings. The third-order valence-corrected chi connectivity index (χ3v) is 8.43. The van der Waals surface area contributed by atoms with Gasteiger partial charge in [0.25, 0.3) is 0 Å². The van der Waals surface area contributed by atoms with Crippen molar-refractivity contribution < 1.29 is 104 Å². The van der Waals surface area contributed by atoms with Crippen molar-refractivity contribution in [1.82, 2.24) is 0 Å². The first-order chi connectivity index (χ1) is 21.8. The van der Waals surface area contributed by atoms with Gasteiger partial charge in [0, 0.05) is 7.11 Å². The van der Waals surface area contributed by atoms with E-state index in [1.807, 2.05) is 0 Å². The number of aliphatic hydroxyl groups is 13. The highest BCUT2D eigenvalue weighted by molar-refractivity contribution is 4.97. The summed E-state index contributed by atoms with van der Waals surface area (Å²) < 4.78 is 43.1. The average Bonchev–Trinajstić information content (AvgIpc) is 3.04. The second kappa shape index (κ2) is 16.2. The van der Waals surface area contributed by atoms with Gasteiger partial charge in [-0.1, -0.05) is 0 Å². The third-order valence-electron chi connectivity index (χ3n) is 8.43. The van der Waals surface area contributed by atoms with Crippen LogP contribution >= 0.6 is 0 Å². The van der Waals surface area contributed by atoms with Gasteiger partial charge in [-0.3, -0.25) is 0 Å². The summed E-state index contributed by atoms with van der Waals surface area (Å²) in [6.07, 6.45) is -33.8. The Kier molecular flexibility index (Phi) is 13.4. The zero-order chi connectivity index (χ0) is 34.0. The highest BCUT2D eigenvalue weighted by Gasteiger charge is 2.54. The number of aliphatic hydroxyl groups excluding tert-OH is 13. The summed E-state index contributed by atoms with van der Waals surface area (Å²) in [6, 6.07) is 0. The number of methoxy groups -OCH3 is 1. The highest BCUT2D eigenvalue weighted by atomic mass is 16.8. The molecule has 21 nitrogen and oxygen atoms in total. The van der Waals surface area contributed by atoms with Crippen LogP contribution in [0.2, 0.25) is 0 Å². The molecular formula is C25H44O21. The zero-order valence-electron chi connectivity index (χ0n) is 24.5. The van der Waals surface area contributed by atoms with Gasteiger partial charge in [0.15, 0.2) is 25.2 Å². The molecule has 46 heavy (non-hydrogen) atoms. The molecule has 20 atom stereocenters. The van der Waals surface area contributed by atoms with Crippen LogP contribution in [0.15, 0.2) is 0 Å². The fraction of sp³-hybridized carbons (Fsp3) is 1.00. The van der Waals surface area contributed by atoms with Crippen LogP contribution in [0.5, 0.6) is 0 Å². The highest BCUT2D eigenvalue weighted by Crippen LogP contribution is 2.33. The fourth-order valence-corrected chi connectivity index (χ4v) is 5.69. The van der Waals surface area contributed by atoms with E-state index in [1.165, 1.54) is 0 Å². The quantitative estimate of drug-likeness (QED) is 0.0963. The smallest absolute Gasteiger partial charge is 0.187 e. The second-order valence-corrected chi connectivity index (χ2v) is 11.4. The molecule has 0 aromatic heterocycles. The van der Waals surface area contributed by atoms with E-state index in [0.717, 1.165) is 7.11 Å². The molecule has 4 rings (SSSR count). The van der Waals surface area contributed by atoms with Crippen LogP contribution in [0.1, 0.15) is 0 Å². The largest absolute Gasteiger partial charge is 0.394 e. The van der Waals surface area contributed by atoms with Gasteiger partial charge in [-0.15, -0.1) is 0 Å². The third kappa shape index (κ3) is 7.65. The molecule has 0 saturated carbocycles. The molecule has 0 radical (unpaired) electrons. The van der Waals surface area contributed by atoms with Gasteiger partial charge in [-0.05, 0) is 0 Å². The van der Waals surface area contributed by atoms with Crippen molar-refractivity contribution in [3.63, 3.8) is 0 Å². The van der Waals surface area contributed by atoms with Gasteiger partial charge >= 0.3 is 0 Å². The molecule has 4 aliphatic heterocycles. The number of rotatable bonds is 11. The van der Waals surface area contributed by atoms with Crippen molar-refractivity contribution >= 4 is 0 Å². The number of hydrogen-bond acceptors (Lipinski definition) is 21. The van der Waals surface area contributed by atoms with Crippen LogP contribution in [-0.2, 0) is 37.9 Å². The molecule has 4 saturated heterocycles. The summed E-state index contributed by atoms with van der Waals surface area (Å²) in [5.41, 5.74) is 0. The molecule has 0 amide bonds. The summed E-state index contributed by atoms with van der Waals surface area (Å²) in [4.78, 5) is 0. The average molecular weight is 681 g/mol. The maximum atomic E-state index is 11.1. The Morgan fingerprint density at radius 3 is 1.41 bits per heavy atom. The van der Waals surface area contributed by atoms with Gasteiger partial charge < -0.3 is 104 Å². The van der Waals surface area contributed by atoms with Crippen LogP contribution in [0.3, 0.4) is 0 Å². The first-order valence-corrected chi connectivity index (χ1v) is 14.5. The molecule has 4 aliphatic rings. The maximum absolute atomic E-state index is 11.1. The lowest BCUT2D eigenvalue weighted by molar-refractivity contribution is -0.382. The van der Waals surface area contributed by atoms with Crippen LogP contribution < -0.4 is 0 Å². The topological polar surface area (TPSA) is 337 Å². The Hall–Kier alpha value is -0.840. The van der Waals surface area contributed by atoms with Crippen molar-refractivity contribution in [2.45, 2.75) is 123 Å². The Morgan fingerprint density at radius 1 is 0.435 bits per heavy atom. The Morgan fingerprint density at radius 2 is 0.870 bits per heavy atom. The monoisotopic (exact) mass is 680 g/mol. The minimum absolute atomic E-state index is 0.617. The lowest BCUT2D eigenvalue weighted by atomic mass is 9.96. The molecule has 0 spiro atoms. The van der Waals surface area contributed by atoms with E-state index in [4.69, 9.17) is 37.9 Å². The second-order valence-electron chi connectivity index (χ2n) is 11.4. The van der Waals surface area contributed by atoms with E-state index < -0.39 is 149 Å². The van der Waals surface area contributed by atoms with Crippen LogP contribution in [-0.4, -0.2) is 223 Å². The minimum atomic E-state index is -1.99. The van der Waals surface area contributed by atoms with E-state index in [9.17, 15) is 66.4 Å². The predicted octanol–water partition coefficient (Wildman–Crippen LogP) is -9.09. The van der Waals surface area contributed by atoms with Gasteiger partial charge in [-0.2, -0.15) is 0 Å². The van der Waals surface area contributed by atoms with Gasteiger partial charge in [-0.25, -0.2) is 0 Å². The van der Waals surface area contributed by atoms with Crippen molar-refractivity contribution in [2.24, 2.45) is 0 Å². The van der Waals surface area contributed by atoms with E-state index in [2.05, 4.69) is 0 Å². The van der Waals surface area contributed by atoms with E-state index in [0.29, 0.717) is 0 Å². The molecule has 0 aromatic carbocycles. The Bertz CT molecular complexity index is 932. The Labute approximate surface area is 261 Å². The minimum Gasteiger partial charge on any atom is -0.394 e. The molecule has 270 valence electrons. The van der Waals surface area contributed by atoms with Gasteiger partial charge in [0.1, 0.15) is 97.7 Å². The predicted molar refractivity (Wildman–Crippen MR) is 139 cm³/mol. The SMILES string of the molecule is CO[C@@H]1C(O)[C@H](O[C@@H]2C(O)[C@H](O[C@@H]3C(O)[C@H](O)OC(CO)[C@H]3O)OC(CO)[C@H]2O)OC(CO[C@@H]2OC(CO)[C@@H](O)[C@H](O)C2O)[C@H]1O. The standard InChI is InChI=1S/C25H44O21/c1-39-19-13(32)9(5-40-23-15(34)14(33)10(29)6(2-26)42-23)44-24(17(19)36)46-21-12(31)8(4-28)43-25(18(21)37)45-20-11(30)7(3-27)41-22(38)16(20)35/h6-38H,2-5H2,1H3/t6?,7?,8?,9?,10-,11-,12-,13-,14+,15?,16?,17?,18?,19+,20+,21+,22-,23-,24+,25+/m1/s1. The molecule has 0 aliphatic carbocycles. The van der Waals surface area contributed by atoms with Crippen molar-refractivity contribution in [3.8, 4) is 0 Å². The van der Waals surface area contributed by atoms with Crippen molar-refractivity contribution in [1.29, 1.82) is 0 Å². The maximum Gasteiger partial charge on any atom is 0.187 e. The summed E-state index contributed by atoms with van der Waals surface area (Å²) in [5.74, 6) is 0. The molecule has 0 aromatic rings. The molecule has 13 N–H and O–H groups in total. The van der Waals surface area contributed by atoms with E-state index in [1.54, 1.807) is 0 Å². The van der Waals surface area contributed by atoms with Crippen LogP contribution in [0, 0.1) is 0 Å². The van der Waals surface area contributed by atoms with Gasteiger partial charge in [0.2, 0.25) is 0 Å². The molecule has 21 heteroatoms. The molecule has 0 bridgehead atoms. The molecule has 4 heterocycles. The zero-order valence-corrected chi connectivity index (χ0v) is 24.5. The van der Waals surface area contributed by atoms with Crippen molar-refractivity contribution in [2.75, 3.05) is 33.5 Å². The van der Waals surface area contributed by atoms with Crippen LogP contribution in [0.25, 0.3) is 0 Å². The summed E-state index contributed by atoms with van der Waals surface area (Å²) in [5, 5.41) is 133. The summed E-state index contributed by atoms with van der Waals surface area (Å²) in [7, 11) is 1.14. The fourth-order valence-electron chi connectivity index (χ4n) is 5.69. The van der Waals surface area contributed by atoms with Crippen LogP contribution in [0.4, 0.5) is 0 Å². The number of ether oxygens (including phenoxy) is 8. The molecule has 8 unspecified atom stereocenters. The normalized spacial score (nSPS) is 52.0. The van der Waals surface area contributed by atoms with E-state index in [-0.39, 0.29) is 0 Å². The lowest BCUT2D eigenvalue weighted by Gasteiger charge is -2.48. The lowest BCUT2D eigenvalue weighted by Crippen LogP contribution is -2.67. The van der Waals surface area contributed by atoms with E-state index >= 15 is 0 Å². The van der Waals surface area contributed by atoms with Gasteiger partial charge in [0.05, 0.1) is 26.4 Å². The molecular weight excluding hydrogens is 636 g/mol. The first-order valence-electron chi connectivity index (χ1n) is 14.5.